The first-order chi connectivity index (χ1) is 4.70. The molecule has 0 atom stereocenters. The molecule has 10 heavy (non-hydrogen) atoms. The lowest BCUT2D eigenvalue weighted by molar-refractivity contribution is 0.1000. The maximum absolute atomic E-state index is 10.5. The number of nitrogens with zero attached hydrogens (tertiary/aromatic N) is 2. The number of nitrogens with two attached hydrogens (primary N) is 2. The van der Waals surface area contributed by atoms with Crippen molar-refractivity contribution >= 4 is 11.7 Å². The number of amides is 1. The van der Waals surface area contributed by atoms with Gasteiger partial charge in [-0.15, -0.1) is 5.10 Å². The Bertz CT molecular complexity index is 260. The molecule has 0 saturated carbocycles. The van der Waals surface area contributed by atoms with Crippen molar-refractivity contribution in [3.05, 3.63) is 17.8 Å². The molecule has 0 aliphatic heterocycles. The van der Waals surface area contributed by atoms with E-state index in [1.165, 1.54) is 12.3 Å². The zero-order valence-corrected chi connectivity index (χ0v) is 5.11. The summed E-state index contributed by atoms with van der Waals surface area (Å²) in [5.74, 6) is -0.363. The smallest absolute Gasteiger partial charge is 0.250 e. The minimum atomic E-state index is -0.554. The van der Waals surface area contributed by atoms with E-state index >= 15 is 0 Å². The van der Waals surface area contributed by atoms with Gasteiger partial charge in [0.25, 0.3) is 0 Å². The zero-order valence-electron chi connectivity index (χ0n) is 5.11. The van der Waals surface area contributed by atoms with Crippen LogP contribution in [0, 0.1) is 0 Å². The van der Waals surface area contributed by atoms with Crippen LogP contribution >= 0.6 is 0 Å². The average Bonchev–Trinajstić information content (AvgIpc) is 1.88. The van der Waals surface area contributed by atoms with Gasteiger partial charge in [0.2, 0.25) is 5.91 Å². The molecule has 0 aliphatic rings. The lowest BCUT2D eigenvalue weighted by Gasteiger charge is -1.92. The van der Waals surface area contributed by atoms with E-state index in [0.29, 0.717) is 0 Å². The van der Waals surface area contributed by atoms with Crippen LogP contribution < -0.4 is 11.5 Å². The van der Waals surface area contributed by atoms with Crippen molar-refractivity contribution in [3.8, 4) is 0 Å². The Morgan fingerprint density at radius 3 is 2.70 bits per heavy atom. The zero-order chi connectivity index (χ0) is 7.56. The van der Waals surface area contributed by atoms with Crippen molar-refractivity contribution in [2.75, 3.05) is 5.73 Å². The molecular weight excluding hydrogens is 132 g/mol. The molecule has 1 rings (SSSR count). The van der Waals surface area contributed by atoms with E-state index in [-0.39, 0.29) is 11.4 Å². The minimum absolute atomic E-state index is 0.191. The summed E-state index contributed by atoms with van der Waals surface area (Å²) < 4.78 is 0. The van der Waals surface area contributed by atoms with Crippen molar-refractivity contribution < 1.29 is 4.79 Å². The van der Waals surface area contributed by atoms with Gasteiger partial charge in [-0.05, 0) is 6.07 Å². The molecule has 0 saturated heterocycles. The molecule has 1 amide bonds. The Kier molecular flexibility index (Phi) is 1.49. The van der Waals surface area contributed by atoms with Crippen LogP contribution in [0.4, 0.5) is 5.82 Å². The number of carbonyl (C=O) groups excluding carboxylic acids is 1. The summed E-state index contributed by atoms with van der Waals surface area (Å²) in [6.45, 7) is 0. The average molecular weight is 138 g/mol. The Hall–Kier alpha value is -1.65. The Balaban J connectivity index is 3.07. The van der Waals surface area contributed by atoms with Gasteiger partial charge in [-0.2, -0.15) is 5.10 Å². The molecule has 52 valence electrons. The SMILES string of the molecule is NC(=O)c1cnnc(N)c1. The summed E-state index contributed by atoms with van der Waals surface area (Å²) in [4.78, 5) is 10.5. The molecule has 0 spiro atoms. The van der Waals surface area contributed by atoms with Crippen molar-refractivity contribution in [1.29, 1.82) is 0 Å². The normalized spacial score (nSPS) is 9.20. The number of carbonyl (C=O) groups is 1. The van der Waals surface area contributed by atoms with Crippen LogP contribution in [-0.4, -0.2) is 16.1 Å². The monoisotopic (exact) mass is 138 g/mol. The minimum Gasteiger partial charge on any atom is -0.382 e. The third-order valence-corrected chi connectivity index (χ3v) is 0.958. The molecule has 0 radical (unpaired) electrons. The van der Waals surface area contributed by atoms with Crippen molar-refractivity contribution in [2.24, 2.45) is 5.73 Å². The number of anilines is 1. The van der Waals surface area contributed by atoms with E-state index in [4.69, 9.17) is 11.5 Å². The van der Waals surface area contributed by atoms with Gasteiger partial charge >= 0.3 is 0 Å². The number of nitrogen functional groups attached to an aromatic ring is 1. The van der Waals surface area contributed by atoms with Gasteiger partial charge in [-0.3, -0.25) is 4.79 Å². The van der Waals surface area contributed by atoms with Crippen molar-refractivity contribution in [3.63, 3.8) is 0 Å². The lowest BCUT2D eigenvalue weighted by atomic mass is 10.3. The molecule has 5 heteroatoms. The van der Waals surface area contributed by atoms with Crippen LogP contribution in [0.25, 0.3) is 0 Å². The molecular formula is C5H6N4O. The van der Waals surface area contributed by atoms with Crippen LogP contribution in [0.3, 0.4) is 0 Å². The van der Waals surface area contributed by atoms with Crippen LogP contribution in [-0.2, 0) is 0 Å². The van der Waals surface area contributed by atoms with Gasteiger partial charge in [0, 0.05) is 0 Å². The fourth-order valence-corrected chi connectivity index (χ4v) is 0.518. The number of hydrogen-bond acceptors (Lipinski definition) is 4. The van der Waals surface area contributed by atoms with E-state index < -0.39 is 5.91 Å². The Morgan fingerprint density at radius 1 is 1.60 bits per heavy atom. The summed E-state index contributed by atoms with van der Waals surface area (Å²) >= 11 is 0. The van der Waals surface area contributed by atoms with Gasteiger partial charge in [0.05, 0.1) is 11.8 Å². The van der Waals surface area contributed by atoms with E-state index in [2.05, 4.69) is 10.2 Å². The molecule has 0 fully saturated rings. The van der Waals surface area contributed by atoms with Gasteiger partial charge in [0.1, 0.15) is 5.82 Å². The highest BCUT2D eigenvalue weighted by Crippen LogP contribution is 1.97. The molecule has 0 aliphatic carbocycles. The molecule has 1 aromatic rings. The summed E-state index contributed by atoms with van der Waals surface area (Å²) in [7, 11) is 0. The second-order valence-electron chi connectivity index (χ2n) is 1.73. The van der Waals surface area contributed by atoms with Crippen LogP contribution in [0.2, 0.25) is 0 Å². The van der Waals surface area contributed by atoms with Gasteiger partial charge in [-0.1, -0.05) is 0 Å². The van der Waals surface area contributed by atoms with Crippen LogP contribution in [0.1, 0.15) is 10.4 Å². The van der Waals surface area contributed by atoms with E-state index in [0.717, 1.165) is 0 Å². The fraction of sp³-hybridized carbons (Fsp3) is 0. The largest absolute Gasteiger partial charge is 0.382 e. The second kappa shape index (κ2) is 2.30. The van der Waals surface area contributed by atoms with Gasteiger partial charge < -0.3 is 11.5 Å². The Labute approximate surface area is 57.0 Å². The van der Waals surface area contributed by atoms with Crippen LogP contribution in [0.5, 0.6) is 0 Å². The maximum atomic E-state index is 10.5. The quantitative estimate of drug-likeness (QED) is 0.528. The molecule has 0 unspecified atom stereocenters. The van der Waals surface area contributed by atoms with Crippen LogP contribution in [0.15, 0.2) is 12.3 Å². The summed E-state index contributed by atoms with van der Waals surface area (Å²) in [5, 5.41) is 6.87. The standard InChI is InChI=1S/C5H6N4O/c6-4-1-3(5(7)10)2-8-9-4/h1-2H,(H2,6,9)(H2,7,10). The predicted octanol–water partition coefficient (Wildman–Crippen LogP) is -0.842. The topological polar surface area (TPSA) is 94.9 Å². The molecule has 0 aromatic carbocycles. The summed E-state index contributed by atoms with van der Waals surface area (Å²) in [6.07, 6.45) is 1.26. The van der Waals surface area contributed by atoms with E-state index in [1.54, 1.807) is 0 Å². The highest BCUT2D eigenvalue weighted by molar-refractivity contribution is 5.92. The van der Waals surface area contributed by atoms with Crippen molar-refractivity contribution in [2.45, 2.75) is 0 Å². The molecule has 1 heterocycles. The molecule has 5 nitrogen and oxygen atoms in total. The predicted molar refractivity (Wildman–Crippen MR) is 35.0 cm³/mol. The third-order valence-electron chi connectivity index (χ3n) is 0.958. The first-order valence-electron chi connectivity index (χ1n) is 2.58. The highest BCUT2D eigenvalue weighted by atomic mass is 16.1. The number of primary amides is 1. The fourth-order valence-electron chi connectivity index (χ4n) is 0.518. The molecule has 0 bridgehead atoms. The molecule has 4 N–H and O–H groups in total. The number of aromatic nitrogens is 2. The molecule has 1 aromatic heterocycles. The maximum Gasteiger partial charge on any atom is 0.250 e. The van der Waals surface area contributed by atoms with Gasteiger partial charge in [-0.25, -0.2) is 0 Å². The summed E-state index contributed by atoms with van der Waals surface area (Å²) in [5.41, 5.74) is 10.4. The lowest BCUT2D eigenvalue weighted by Crippen LogP contribution is -2.12. The Morgan fingerprint density at radius 2 is 2.30 bits per heavy atom. The summed E-state index contributed by atoms with van der Waals surface area (Å²) in [6, 6.07) is 1.37. The third kappa shape index (κ3) is 1.19. The van der Waals surface area contributed by atoms with E-state index in [9.17, 15) is 4.79 Å². The van der Waals surface area contributed by atoms with Crippen molar-refractivity contribution in [1.82, 2.24) is 10.2 Å². The van der Waals surface area contributed by atoms with Gasteiger partial charge in [0.15, 0.2) is 0 Å². The van der Waals surface area contributed by atoms with E-state index in [1.807, 2.05) is 0 Å². The second-order valence-corrected chi connectivity index (χ2v) is 1.73. The first kappa shape index (κ1) is 6.47. The number of rotatable bonds is 1. The first-order valence-corrected chi connectivity index (χ1v) is 2.58. The highest BCUT2D eigenvalue weighted by Gasteiger charge is 1.99. The number of hydrogen-bond donors (Lipinski definition) is 2.